The molecule has 0 bridgehead atoms. The van der Waals surface area contributed by atoms with E-state index in [2.05, 4.69) is 15.0 Å². The number of halogens is 5. The van der Waals surface area contributed by atoms with Crippen LogP contribution in [0.25, 0.3) is 22.4 Å². The van der Waals surface area contributed by atoms with E-state index in [9.17, 15) is 17.1 Å². The monoisotopic (exact) mass is 457 g/mol. The number of aromatic nitrogens is 5. The summed E-state index contributed by atoms with van der Waals surface area (Å²) in [6.45, 7) is 0.0826. The van der Waals surface area contributed by atoms with E-state index in [1.165, 1.54) is 21.8 Å². The van der Waals surface area contributed by atoms with Crippen LogP contribution in [0, 0.1) is 0 Å². The molecule has 0 saturated carbocycles. The highest BCUT2D eigenvalue weighted by atomic mass is 35.5. The number of fused-ring (bicyclic) bond motifs is 1. The number of hydrogen-bond donors (Lipinski definition) is 0. The zero-order valence-electron chi connectivity index (χ0n) is 15.2. The van der Waals surface area contributed by atoms with Gasteiger partial charge in [-0.1, -0.05) is 24.3 Å². The lowest BCUT2D eigenvalue weighted by atomic mass is 10.1. The van der Waals surface area contributed by atoms with Crippen LogP contribution in [0.2, 0.25) is 5.28 Å². The molecule has 30 heavy (non-hydrogen) atoms. The molecule has 0 atom stereocenters. The lowest BCUT2D eigenvalue weighted by Crippen LogP contribution is -2.04. The van der Waals surface area contributed by atoms with E-state index in [0.29, 0.717) is 16.6 Å². The standard InChI is InChI=1S/C18H12ClF4N5OS/c1-27-8-13(18(20,21)22)25-15(27)11-4-2-10(3-5-11)9-29-16-14-12(24-17(19)26-16)6-7-28(14)30-23/h2-8H,9H2,1H3. The fourth-order valence-corrected chi connectivity index (χ4v) is 3.41. The Bertz CT molecular complexity index is 1210. The van der Waals surface area contributed by atoms with E-state index in [1.807, 2.05) is 0 Å². The summed E-state index contributed by atoms with van der Waals surface area (Å²) in [7, 11) is 1.50. The summed E-state index contributed by atoms with van der Waals surface area (Å²) in [4.78, 5) is 11.7. The van der Waals surface area contributed by atoms with Crippen LogP contribution in [0.3, 0.4) is 0 Å². The highest BCUT2D eigenvalue weighted by molar-refractivity contribution is 7.92. The Kier molecular flexibility index (Phi) is 5.33. The van der Waals surface area contributed by atoms with Gasteiger partial charge in [-0.05, 0) is 23.2 Å². The summed E-state index contributed by atoms with van der Waals surface area (Å²) in [5.41, 5.74) is 1.06. The number of hydrogen-bond acceptors (Lipinski definition) is 5. The first kappa shape index (κ1) is 20.5. The third-order valence-electron chi connectivity index (χ3n) is 4.27. The maximum absolute atomic E-state index is 13.1. The van der Waals surface area contributed by atoms with Gasteiger partial charge in [0, 0.05) is 25.0 Å². The van der Waals surface area contributed by atoms with Crippen LogP contribution < -0.4 is 4.74 Å². The van der Waals surface area contributed by atoms with E-state index in [4.69, 9.17) is 16.3 Å². The van der Waals surface area contributed by atoms with E-state index in [-0.39, 0.29) is 35.9 Å². The van der Waals surface area contributed by atoms with Gasteiger partial charge in [-0.2, -0.15) is 18.2 Å². The molecule has 1 aromatic carbocycles. The highest BCUT2D eigenvalue weighted by Crippen LogP contribution is 2.31. The summed E-state index contributed by atoms with van der Waals surface area (Å²) in [5, 5.41) is -0.0373. The maximum Gasteiger partial charge on any atom is 0.434 e. The van der Waals surface area contributed by atoms with Crippen molar-refractivity contribution in [1.82, 2.24) is 23.5 Å². The second-order valence-corrected chi connectivity index (χ2v) is 7.16. The van der Waals surface area contributed by atoms with Crippen molar-refractivity contribution in [2.45, 2.75) is 12.8 Å². The van der Waals surface area contributed by atoms with Crippen molar-refractivity contribution >= 4 is 35.0 Å². The molecule has 0 radical (unpaired) electrons. The Morgan fingerprint density at radius 3 is 2.47 bits per heavy atom. The van der Waals surface area contributed by atoms with Crippen molar-refractivity contribution in [1.29, 1.82) is 0 Å². The topological polar surface area (TPSA) is 57.8 Å². The second-order valence-electron chi connectivity index (χ2n) is 6.29. The molecule has 0 aliphatic heterocycles. The van der Waals surface area contributed by atoms with Crippen LogP contribution in [0.15, 0.2) is 42.7 Å². The molecule has 0 unspecified atom stereocenters. The van der Waals surface area contributed by atoms with Gasteiger partial charge in [0.05, 0.1) is 5.52 Å². The Balaban J connectivity index is 1.55. The number of aryl methyl sites for hydroxylation is 1. The summed E-state index contributed by atoms with van der Waals surface area (Å²) in [5.74, 6) is 0.306. The quantitative estimate of drug-likeness (QED) is 0.294. The minimum atomic E-state index is -4.51. The van der Waals surface area contributed by atoms with Crippen molar-refractivity contribution in [2.75, 3.05) is 0 Å². The molecule has 0 saturated heterocycles. The van der Waals surface area contributed by atoms with Crippen molar-refractivity contribution in [3.05, 3.63) is 59.3 Å². The van der Waals surface area contributed by atoms with Gasteiger partial charge in [0.1, 0.15) is 17.9 Å². The molecule has 156 valence electrons. The summed E-state index contributed by atoms with van der Waals surface area (Å²) in [6.07, 6.45) is -2.10. The van der Waals surface area contributed by atoms with Gasteiger partial charge < -0.3 is 9.30 Å². The van der Waals surface area contributed by atoms with E-state index in [1.54, 1.807) is 30.3 Å². The van der Waals surface area contributed by atoms with Crippen LogP contribution in [-0.2, 0) is 19.8 Å². The lowest BCUT2D eigenvalue weighted by molar-refractivity contribution is -0.140. The van der Waals surface area contributed by atoms with Crippen LogP contribution in [-0.4, -0.2) is 23.5 Å². The Hall–Kier alpha value is -2.79. The highest BCUT2D eigenvalue weighted by Gasteiger charge is 2.34. The molecule has 3 heterocycles. The first-order chi connectivity index (χ1) is 14.3. The summed E-state index contributed by atoms with van der Waals surface area (Å²) >= 11 is 5.87. The molecular formula is C18H12ClF4N5OS. The minimum absolute atomic E-state index is 0.0245. The molecule has 0 aliphatic carbocycles. The average molecular weight is 458 g/mol. The third kappa shape index (κ3) is 3.94. The lowest BCUT2D eigenvalue weighted by Gasteiger charge is -2.09. The van der Waals surface area contributed by atoms with E-state index >= 15 is 0 Å². The predicted molar refractivity (Wildman–Crippen MR) is 105 cm³/mol. The van der Waals surface area contributed by atoms with Gasteiger partial charge >= 0.3 is 6.18 Å². The van der Waals surface area contributed by atoms with Crippen molar-refractivity contribution in [3.8, 4) is 17.3 Å². The van der Waals surface area contributed by atoms with E-state index in [0.717, 1.165) is 11.8 Å². The smallest absolute Gasteiger partial charge is 0.434 e. The number of ether oxygens (including phenoxy) is 1. The molecule has 0 aliphatic rings. The predicted octanol–water partition coefficient (Wildman–Crippen LogP) is 5.46. The number of nitrogens with zero attached hydrogens (tertiary/aromatic N) is 5. The summed E-state index contributed by atoms with van der Waals surface area (Å²) < 4.78 is 59.9. The Morgan fingerprint density at radius 2 is 1.83 bits per heavy atom. The maximum atomic E-state index is 13.1. The van der Waals surface area contributed by atoms with Crippen LogP contribution in [0.5, 0.6) is 5.88 Å². The van der Waals surface area contributed by atoms with Crippen LogP contribution >= 0.6 is 23.9 Å². The zero-order chi connectivity index (χ0) is 21.5. The fourth-order valence-electron chi connectivity index (χ4n) is 2.89. The first-order valence-corrected chi connectivity index (χ1v) is 9.48. The summed E-state index contributed by atoms with van der Waals surface area (Å²) in [6, 6.07) is 8.26. The van der Waals surface area contributed by atoms with Gasteiger partial charge in [-0.25, -0.2) is 9.97 Å². The molecule has 0 amide bonds. The molecule has 0 spiro atoms. The molecule has 0 N–H and O–H groups in total. The molecule has 0 fully saturated rings. The van der Waals surface area contributed by atoms with E-state index < -0.39 is 11.9 Å². The number of rotatable bonds is 5. The third-order valence-corrected chi connectivity index (χ3v) is 4.89. The molecule has 12 heteroatoms. The zero-order valence-corrected chi connectivity index (χ0v) is 16.8. The Labute approximate surface area is 176 Å². The van der Waals surface area contributed by atoms with Gasteiger partial charge in [0.15, 0.2) is 18.0 Å². The average Bonchev–Trinajstić information content (AvgIpc) is 3.29. The number of alkyl halides is 3. The molecule has 4 rings (SSSR count). The van der Waals surface area contributed by atoms with Gasteiger partial charge in [-0.15, -0.1) is 3.89 Å². The van der Waals surface area contributed by atoms with Crippen molar-refractivity contribution < 1.29 is 21.8 Å². The normalized spacial score (nSPS) is 11.9. The first-order valence-electron chi connectivity index (χ1n) is 8.42. The molecule has 4 aromatic rings. The number of imidazole rings is 1. The van der Waals surface area contributed by atoms with Crippen molar-refractivity contribution in [2.24, 2.45) is 7.05 Å². The van der Waals surface area contributed by atoms with Crippen LogP contribution in [0.1, 0.15) is 11.3 Å². The molecular weight excluding hydrogens is 446 g/mol. The second kappa shape index (κ2) is 7.80. The SMILES string of the molecule is Cn1cc(C(F)(F)F)nc1-c1ccc(COc2nc(Cl)nc3ccn(SF)c23)cc1. The fraction of sp³-hybridized carbons (Fsp3) is 0.167. The minimum Gasteiger partial charge on any atom is -0.471 e. The van der Waals surface area contributed by atoms with Gasteiger partial charge in [0.2, 0.25) is 11.2 Å². The molecule has 6 nitrogen and oxygen atoms in total. The van der Waals surface area contributed by atoms with Gasteiger partial charge in [-0.3, -0.25) is 3.97 Å². The molecule has 3 aromatic heterocycles. The van der Waals surface area contributed by atoms with Crippen molar-refractivity contribution in [3.63, 3.8) is 0 Å². The van der Waals surface area contributed by atoms with Crippen LogP contribution in [0.4, 0.5) is 17.1 Å². The Morgan fingerprint density at radius 1 is 1.10 bits per heavy atom. The number of benzene rings is 1. The largest absolute Gasteiger partial charge is 0.471 e. The van der Waals surface area contributed by atoms with Gasteiger partial charge in [0.25, 0.3) is 0 Å².